The summed E-state index contributed by atoms with van der Waals surface area (Å²) in [6.45, 7) is -2.84. The molecule has 10 aromatic carbocycles. The number of hydrogen-bond acceptors (Lipinski definition) is 20. The summed E-state index contributed by atoms with van der Waals surface area (Å²) in [6.07, 6.45) is 2.53. The molecule has 20 nitrogen and oxygen atoms in total. The summed E-state index contributed by atoms with van der Waals surface area (Å²) >= 11 is 0. The van der Waals surface area contributed by atoms with Crippen LogP contribution in [0.25, 0.3) is 34.4 Å². The molecule has 0 unspecified atom stereocenters. The first-order valence-corrected chi connectivity index (χ1v) is 34.8. The molecule has 0 amide bonds. The number of fused-ring (bicyclic) bond motifs is 7. The van der Waals surface area contributed by atoms with E-state index in [-0.39, 0.29) is 77.9 Å². The third kappa shape index (κ3) is 12.3. The third-order valence-corrected chi connectivity index (χ3v) is 19.9. The van der Waals surface area contributed by atoms with E-state index in [0.717, 1.165) is 0 Å². The Morgan fingerprint density at radius 3 is 0.775 bits per heavy atom. The van der Waals surface area contributed by atoms with Crippen LogP contribution in [0.1, 0.15) is 98.6 Å². The maximum atomic E-state index is 16.6. The van der Waals surface area contributed by atoms with Crippen molar-refractivity contribution < 1.29 is 66.8 Å². The number of nitriles is 4. The summed E-state index contributed by atoms with van der Waals surface area (Å²) in [5.41, 5.74) is -11.1. The minimum atomic E-state index is -2.97. The van der Waals surface area contributed by atoms with Gasteiger partial charge in [-0.05, 0) is 125 Å². The number of ketones is 2. The van der Waals surface area contributed by atoms with Gasteiger partial charge in [-0.25, -0.2) is 9.98 Å². The Bertz CT molecular complexity index is 5490. The van der Waals surface area contributed by atoms with Crippen LogP contribution in [0.4, 0.5) is 0 Å². The fraction of sp³-hybridized carbons (Fsp3) is 0.0989. The summed E-state index contributed by atoms with van der Waals surface area (Å²) in [6, 6.07) is 75.9. The second-order valence-electron chi connectivity index (χ2n) is 26.3. The number of benzene rings is 10. The number of hydrogen-bond donors (Lipinski definition) is 0. The van der Waals surface area contributed by atoms with Gasteiger partial charge in [-0.15, -0.1) is 0 Å². The van der Waals surface area contributed by atoms with E-state index in [9.17, 15) is 21.0 Å². The van der Waals surface area contributed by atoms with Crippen LogP contribution in [0, 0.1) is 45.3 Å². The van der Waals surface area contributed by atoms with Gasteiger partial charge in [0.05, 0.1) is 11.4 Å². The Morgan fingerprint density at radius 1 is 0.288 bits per heavy atom. The molecule has 5 aliphatic rings. The molecule has 111 heavy (non-hydrogen) atoms. The van der Waals surface area contributed by atoms with Crippen molar-refractivity contribution in [2.45, 2.75) is 55.9 Å². The fourth-order valence-corrected chi connectivity index (χ4v) is 14.7. The number of carbonyl (C=O) groups excluding carboxylic acids is 8. The lowest BCUT2D eigenvalue weighted by Crippen LogP contribution is -2.47. The maximum absolute atomic E-state index is 16.6. The lowest BCUT2D eigenvalue weighted by atomic mass is 9.74. The van der Waals surface area contributed by atoms with Crippen molar-refractivity contribution in [3.8, 4) is 35.4 Å². The molecule has 20 heteroatoms. The maximum Gasteiger partial charge on any atom is 0.334 e. The second kappa shape index (κ2) is 29.9. The number of Topliss-reactive ketones (excluding diaryl/α,β-unsaturated/α-hetero) is 2. The fourth-order valence-electron chi connectivity index (χ4n) is 14.7. The molecule has 0 atom stereocenters. The van der Waals surface area contributed by atoms with E-state index in [4.69, 9.17) is 38.4 Å². The highest BCUT2D eigenvalue weighted by atomic mass is 16.6. The highest BCUT2D eigenvalue weighted by molar-refractivity contribution is 6.66. The standard InChI is InChI=1S/C91H56N6O14/c92-45-63(46-93)77-65-35-19-21-37-67(65)81(98)79(77)96-75-41-61-39-73-69(43-71(61)90(75,85(102)108-51-57-27-11-3-12-28-57)86(103)109-52-58-29-13-4-14-30-58)70-44-72-62(40-74(70)89(73,83(100)106-49-55-23-7-1-8-24-55)84(101)107-50-56-25-9-2-10-26-56)42-76(97-80-78(64(47-94)48-95)66-36-20-22-38-68(66)82(80)99)91(72,87(104)110-53-59-31-15-5-16-32-59)88(105)111-54-60-33-17-6-18-34-60/h1-44H,49-54H2/b96-79-,97-80-. The van der Waals surface area contributed by atoms with Crippen molar-refractivity contribution >= 4 is 82.1 Å². The Labute approximate surface area is 634 Å². The Kier molecular flexibility index (Phi) is 19.2. The number of rotatable bonds is 20. The molecule has 10 aromatic rings. The number of carbonyl (C=O) groups is 8. The third-order valence-electron chi connectivity index (χ3n) is 19.9. The average Bonchev–Trinajstić information content (AvgIpc) is 1.51. The van der Waals surface area contributed by atoms with Gasteiger partial charge in [0.2, 0.25) is 27.8 Å². The van der Waals surface area contributed by atoms with Crippen LogP contribution in [0.15, 0.2) is 287 Å². The number of esters is 6. The van der Waals surface area contributed by atoms with Crippen molar-refractivity contribution in [1.82, 2.24) is 0 Å². The first-order valence-electron chi connectivity index (χ1n) is 34.8. The number of allylic oxidation sites excluding steroid dienone is 4. The SMILES string of the molecule is N#CC(C#N)=C1/C(=N/C2=Cc3cc4c(cc3C2(C(=O)OCc2ccccc2)C(=O)OCc2ccccc2)-c2cc3c(cc2C4(C(=O)OCc2ccccc2)C(=O)OCc2ccccc2)C=C(/N=C2\C(=O)c4ccccc4C2=C(C#N)C#N)C3(C(=O)OCc2ccccc2)C(=O)OCc2ccccc2)C(=O)c2ccccc21. The summed E-state index contributed by atoms with van der Waals surface area (Å²) in [7, 11) is 0. The lowest BCUT2D eigenvalue weighted by Gasteiger charge is -2.30. The molecule has 0 heterocycles. The monoisotopic (exact) mass is 1460 g/mol. The highest BCUT2D eigenvalue weighted by Gasteiger charge is 2.65. The minimum absolute atomic E-state index is 0.0177. The smallest absolute Gasteiger partial charge is 0.334 e. The van der Waals surface area contributed by atoms with Crippen molar-refractivity contribution in [1.29, 1.82) is 21.0 Å². The summed E-state index contributed by atoms with van der Waals surface area (Å²) in [4.78, 5) is 139. The molecule has 0 N–H and O–H groups in total. The number of ether oxygens (including phenoxy) is 6. The molecular formula is C91H56N6O14. The quantitative estimate of drug-likeness (QED) is 0.0296. The van der Waals surface area contributed by atoms with Crippen LogP contribution in [0.3, 0.4) is 0 Å². The molecule has 0 saturated heterocycles. The normalized spacial score (nSPS) is 15.1. The van der Waals surface area contributed by atoms with Gasteiger partial charge in [0.1, 0.15) is 86.5 Å². The molecule has 5 aliphatic carbocycles. The predicted molar refractivity (Wildman–Crippen MR) is 402 cm³/mol. The average molecular weight is 1460 g/mol. The van der Waals surface area contributed by atoms with Crippen LogP contribution in [0.2, 0.25) is 0 Å². The zero-order valence-electron chi connectivity index (χ0n) is 58.5. The molecule has 0 fully saturated rings. The predicted octanol–water partition coefficient (Wildman–Crippen LogP) is 13.9. The van der Waals surface area contributed by atoms with Gasteiger partial charge in [-0.2, -0.15) is 21.0 Å². The lowest BCUT2D eigenvalue weighted by molar-refractivity contribution is -0.166. The van der Waals surface area contributed by atoms with Gasteiger partial charge >= 0.3 is 35.8 Å². The van der Waals surface area contributed by atoms with Gasteiger partial charge in [0.15, 0.2) is 0 Å². The minimum Gasteiger partial charge on any atom is -0.459 e. The number of nitrogens with zero attached hydrogens (tertiary/aromatic N) is 6. The van der Waals surface area contributed by atoms with Crippen LogP contribution in [-0.2, 0) is 113 Å². The molecule has 0 aromatic heterocycles. The van der Waals surface area contributed by atoms with Gasteiger partial charge in [0.25, 0.3) is 0 Å². The van der Waals surface area contributed by atoms with Crippen molar-refractivity contribution in [2.24, 2.45) is 9.98 Å². The van der Waals surface area contributed by atoms with E-state index in [1.165, 1.54) is 60.7 Å². The molecule has 0 saturated carbocycles. The summed E-state index contributed by atoms with van der Waals surface area (Å²) in [5.74, 6) is -9.47. The van der Waals surface area contributed by atoms with Gasteiger partial charge in [-0.1, -0.05) is 231 Å². The van der Waals surface area contributed by atoms with Crippen LogP contribution < -0.4 is 0 Å². The number of aliphatic imine (C=N–C) groups is 2. The van der Waals surface area contributed by atoms with E-state index in [1.54, 1.807) is 206 Å². The Hall–Kier alpha value is -15.4. The van der Waals surface area contributed by atoms with Crippen molar-refractivity contribution in [3.05, 3.63) is 366 Å². The molecule has 15 rings (SSSR count). The Morgan fingerprint density at radius 2 is 0.523 bits per heavy atom. The first-order chi connectivity index (χ1) is 54.2. The molecule has 534 valence electrons. The van der Waals surface area contributed by atoms with Crippen LogP contribution in [0.5, 0.6) is 0 Å². The zero-order valence-corrected chi connectivity index (χ0v) is 58.5. The van der Waals surface area contributed by atoms with Gasteiger partial charge in [0, 0.05) is 22.3 Å². The van der Waals surface area contributed by atoms with E-state index in [2.05, 4.69) is 0 Å². The van der Waals surface area contributed by atoms with Gasteiger partial charge < -0.3 is 28.4 Å². The van der Waals surface area contributed by atoms with Gasteiger partial charge in [-0.3, -0.25) is 38.4 Å². The first kappa shape index (κ1) is 71.2. The molecular weight excluding hydrogens is 1400 g/mol. The molecule has 0 spiro atoms. The van der Waals surface area contributed by atoms with E-state index in [1.807, 2.05) is 24.3 Å². The molecule has 0 radical (unpaired) electrons. The Balaban J connectivity index is 1.04. The summed E-state index contributed by atoms with van der Waals surface area (Å²) in [5, 5.41) is 42.5. The topological polar surface area (TPSA) is 312 Å². The van der Waals surface area contributed by atoms with Crippen molar-refractivity contribution in [2.75, 3.05) is 0 Å². The van der Waals surface area contributed by atoms with Crippen LogP contribution >= 0.6 is 0 Å². The van der Waals surface area contributed by atoms with Crippen molar-refractivity contribution in [3.63, 3.8) is 0 Å². The second-order valence-corrected chi connectivity index (χ2v) is 26.3. The molecule has 0 aliphatic heterocycles. The zero-order chi connectivity index (χ0) is 77.0. The summed E-state index contributed by atoms with van der Waals surface area (Å²) < 4.78 is 38.0. The molecule has 0 bridgehead atoms. The van der Waals surface area contributed by atoms with Crippen LogP contribution in [-0.4, -0.2) is 58.8 Å². The van der Waals surface area contributed by atoms with E-state index < -0.39 is 137 Å². The highest BCUT2D eigenvalue weighted by Crippen LogP contribution is 2.59. The largest absolute Gasteiger partial charge is 0.459 e. The van der Waals surface area contributed by atoms with E-state index in [0.29, 0.717) is 33.4 Å². The van der Waals surface area contributed by atoms with E-state index >= 15 is 38.4 Å².